The van der Waals surface area contributed by atoms with Gasteiger partial charge < -0.3 is 0 Å². The Bertz CT molecular complexity index is 320. The monoisotopic (exact) mass is 250 g/mol. The normalized spacial score (nSPS) is 24.8. The van der Waals surface area contributed by atoms with Gasteiger partial charge in [0.1, 0.15) is 0 Å². The van der Waals surface area contributed by atoms with E-state index in [2.05, 4.69) is 19.1 Å². The lowest BCUT2D eigenvalue weighted by Gasteiger charge is -2.27. The predicted molar refractivity (Wildman–Crippen MR) is 75.5 cm³/mol. The molecule has 2 rings (SSSR count). The Morgan fingerprint density at radius 3 is 2.18 bits per heavy atom. The summed E-state index contributed by atoms with van der Waals surface area (Å²) in [6.45, 7) is 2.33. The second-order valence-corrected chi connectivity index (χ2v) is 5.90. The molecule has 0 heterocycles. The SMILES string of the molecule is CCC1CCC(CCc2ccc(Cl)cc2)CC1. The summed E-state index contributed by atoms with van der Waals surface area (Å²) >= 11 is 5.89. The van der Waals surface area contributed by atoms with Gasteiger partial charge in [0.15, 0.2) is 0 Å². The van der Waals surface area contributed by atoms with Crippen LogP contribution in [0.5, 0.6) is 0 Å². The number of aryl methyl sites for hydroxylation is 1. The molecule has 94 valence electrons. The minimum absolute atomic E-state index is 0.845. The van der Waals surface area contributed by atoms with Crippen molar-refractivity contribution in [2.75, 3.05) is 0 Å². The second-order valence-electron chi connectivity index (χ2n) is 5.46. The van der Waals surface area contributed by atoms with Gasteiger partial charge in [0.2, 0.25) is 0 Å². The van der Waals surface area contributed by atoms with Crippen molar-refractivity contribution in [3.05, 3.63) is 34.9 Å². The summed E-state index contributed by atoms with van der Waals surface area (Å²) in [5.41, 5.74) is 1.44. The highest BCUT2D eigenvalue weighted by Crippen LogP contribution is 2.33. The van der Waals surface area contributed by atoms with E-state index in [9.17, 15) is 0 Å². The van der Waals surface area contributed by atoms with Crippen LogP contribution in [0, 0.1) is 11.8 Å². The Morgan fingerprint density at radius 2 is 1.59 bits per heavy atom. The zero-order valence-electron chi connectivity index (χ0n) is 10.8. The largest absolute Gasteiger partial charge is 0.0843 e. The Kier molecular flexibility index (Phi) is 4.91. The van der Waals surface area contributed by atoms with Crippen molar-refractivity contribution in [3.63, 3.8) is 0 Å². The Labute approximate surface area is 110 Å². The van der Waals surface area contributed by atoms with Crippen LogP contribution in [-0.2, 0) is 6.42 Å². The van der Waals surface area contributed by atoms with Crippen molar-refractivity contribution in [2.45, 2.75) is 51.9 Å². The van der Waals surface area contributed by atoms with Crippen LogP contribution in [0.1, 0.15) is 51.0 Å². The van der Waals surface area contributed by atoms with Crippen molar-refractivity contribution in [1.82, 2.24) is 0 Å². The molecule has 0 nitrogen and oxygen atoms in total. The number of benzene rings is 1. The molecule has 0 atom stereocenters. The fourth-order valence-corrected chi connectivity index (χ4v) is 3.08. The minimum atomic E-state index is 0.845. The lowest BCUT2D eigenvalue weighted by atomic mass is 9.78. The van der Waals surface area contributed by atoms with E-state index in [-0.39, 0.29) is 0 Å². The smallest absolute Gasteiger partial charge is 0.0406 e. The van der Waals surface area contributed by atoms with Gasteiger partial charge in [-0.1, -0.05) is 62.8 Å². The van der Waals surface area contributed by atoms with Crippen LogP contribution in [0.3, 0.4) is 0 Å². The Hall–Kier alpha value is -0.490. The molecule has 0 radical (unpaired) electrons. The van der Waals surface area contributed by atoms with Gasteiger partial charge in [-0.15, -0.1) is 0 Å². The van der Waals surface area contributed by atoms with Crippen LogP contribution in [0.25, 0.3) is 0 Å². The lowest BCUT2D eigenvalue weighted by molar-refractivity contribution is 0.259. The van der Waals surface area contributed by atoms with Crippen molar-refractivity contribution >= 4 is 11.6 Å². The molecule has 1 aromatic carbocycles. The maximum absolute atomic E-state index is 5.89. The minimum Gasteiger partial charge on any atom is -0.0843 e. The van der Waals surface area contributed by atoms with E-state index in [1.807, 2.05) is 12.1 Å². The van der Waals surface area contributed by atoms with Crippen molar-refractivity contribution in [2.24, 2.45) is 11.8 Å². The molecule has 1 aromatic rings. The molecule has 1 saturated carbocycles. The van der Waals surface area contributed by atoms with E-state index in [0.717, 1.165) is 16.9 Å². The molecule has 1 aliphatic carbocycles. The summed E-state index contributed by atoms with van der Waals surface area (Å²) in [7, 11) is 0. The molecule has 0 bridgehead atoms. The summed E-state index contributed by atoms with van der Waals surface area (Å²) in [5, 5.41) is 0.845. The third-order valence-electron chi connectivity index (χ3n) is 4.30. The summed E-state index contributed by atoms with van der Waals surface area (Å²) in [4.78, 5) is 0. The molecule has 1 heteroatoms. The Morgan fingerprint density at radius 1 is 1.00 bits per heavy atom. The average molecular weight is 251 g/mol. The van der Waals surface area contributed by atoms with Gasteiger partial charge in [-0.25, -0.2) is 0 Å². The van der Waals surface area contributed by atoms with Crippen LogP contribution in [0.4, 0.5) is 0 Å². The maximum Gasteiger partial charge on any atom is 0.0406 e. The molecule has 1 fully saturated rings. The highest BCUT2D eigenvalue weighted by atomic mass is 35.5. The lowest BCUT2D eigenvalue weighted by Crippen LogP contribution is -2.14. The molecule has 0 aliphatic heterocycles. The first-order valence-corrected chi connectivity index (χ1v) is 7.40. The van der Waals surface area contributed by atoms with Crippen molar-refractivity contribution in [3.8, 4) is 0 Å². The third kappa shape index (κ3) is 4.03. The summed E-state index contributed by atoms with van der Waals surface area (Å²) in [6.07, 6.45) is 9.78. The number of rotatable bonds is 4. The third-order valence-corrected chi connectivity index (χ3v) is 4.55. The van der Waals surface area contributed by atoms with Crippen molar-refractivity contribution < 1.29 is 0 Å². The van der Waals surface area contributed by atoms with Crippen LogP contribution in [-0.4, -0.2) is 0 Å². The molecule has 0 spiro atoms. The number of halogens is 1. The topological polar surface area (TPSA) is 0 Å². The van der Waals surface area contributed by atoms with Gasteiger partial charge in [0, 0.05) is 5.02 Å². The average Bonchev–Trinajstić information content (AvgIpc) is 2.39. The highest BCUT2D eigenvalue weighted by Gasteiger charge is 2.19. The Balaban J connectivity index is 1.74. The van der Waals surface area contributed by atoms with E-state index in [1.54, 1.807) is 0 Å². The van der Waals surface area contributed by atoms with Gasteiger partial charge in [0.25, 0.3) is 0 Å². The first-order chi connectivity index (χ1) is 8.28. The maximum atomic E-state index is 5.89. The van der Waals surface area contributed by atoms with Crippen molar-refractivity contribution in [1.29, 1.82) is 0 Å². The van der Waals surface area contributed by atoms with E-state index < -0.39 is 0 Å². The quantitative estimate of drug-likeness (QED) is 0.663. The zero-order chi connectivity index (χ0) is 12.1. The first kappa shape index (κ1) is 13.0. The molecule has 0 unspecified atom stereocenters. The number of hydrogen-bond donors (Lipinski definition) is 0. The van der Waals surface area contributed by atoms with Gasteiger partial charge >= 0.3 is 0 Å². The zero-order valence-corrected chi connectivity index (χ0v) is 11.5. The summed E-state index contributed by atoms with van der Waals surface area (Å²) in [5.74, 6) is 1.98. The second kappa shape index (κ2) is 6.44. The molecule has 0 aromatic heterocycles. The van der Waals surface area contributed by atoms with Crippen LogP contribution in [0.2, 0.25) is 5.02 Å². The molecule has 0 saturated heterocycles. The fourth-order valence-electron chi connectivity index (χ4n) is 2.95. The van der Waals surface area contributed by atoms with E-state index >= 15 is 0 Å². The van der Waals surface area contributed by atoms with E-state index in [4.69, 9.17) is 11.6 Å². The predicted octanol–water partition coefficient (Wildman–Crippen LogP) is 5.49. The molecule has 17 heavy (non-hydrogen) atoms. The molecule has 0 amide bonds. The molecular formula is C16H23Cl. The summed E-state index contributed by atoms with van der Waals surface area (Å²) < 4.78 is 0. The van der Waals surface area contributed by atoms with Gasteiger partial charge in [-0.2, -0.15) is 0 Å². The fraction of sp³-hybridized carbons (Fsp3) is 0.625. The van der Waals surface area contributed by atoms with E-state index in [0.29, 0.717) is 0 Å². The molecular weight excluding hydrogens is 228 g/mol. The highest BCUT2D eigenvalue weighted by molar-refractivity contribution is 6.30. The molecule has 0 N–H and O–H groups in total. The first-order valence-electron chi connectivity index (χ1n) is 7.02. The van der Waals surface area contributed by atoms with Gasteiger partial charge in [0.05, 0.1) is 0 Å². The van der Waals surface area contributed by atoms with Crippen LogP contribution >= 0.6 is 11.6 Å². The van der Waals surface area contributed by atoms with Gasteiger partial charge in [-0.3, -0.25) is 0 Å². The summed E-state index contributed by atoms with van der Waals surface area (Å²) in [6, 6.07) is 8.34. The van der Waals surface area contributed by atoms with Crippen LogP contribution in [0.15, 0.2) is 24.3 Å². The molecule has 1 aliphatic rings. The van der Waals surface area contributed by atoms with Crippen LogP contribution < -0.4 is 0 Å². The van der Waals surface area contributed by atoms with Gasteiger partial charge in [-0.05, 0) is 42.4 Å². The van der Waals surface area contributed by atoms with E-state index in [1.165, 1.54) is 50.5 Å². The number of hydrogen-bond acceptors (Lipinski definition) is 0. The standard InChI is InChI=1S/C16H23Cl/c1-2-13-3-5-14(6-4-13)7-8-15-9-11-16(17)12-10-15/h9-14H,2-8H2,1H3.